The molecule has 0 amide bonds. The van der Waals surface area contributed by atoms with E-state index in [1.54, 1.807) is 0 Å². The highest BCUT2D eigenvalue weighted by Crippen LogP contribution is 2.07. The van der Waals surface area contributed by atoms with Crippen molar-refractivity contribution < 1.29 is 9.84 Å². The molecule has 1 aromatic rings. The van der Waals surface area contributed by atoms with Gasteiger partial charge in [-0.2, -0.15) is 0 Å². The number of aliphatic hydroxyl groups is 1. The van der Waals surface area contributed by atoms with Crippen LogP contribution < -0.4 is 4.74 Å². The number of piperazine rings is 1. The molecule has 0 atom stereocenters. The molecule has 0 spiro atoms. The third-order valence-electron chi connectivity index (χ3n) is 3.66. The van der Waals surface area contributed by atoms with Crippen LogP contribution in [0.4, 0.5) is 0 Å². The number of hydrogen-bond donors (Lipinski definition) is 1. The van der Waals surface area contributed by atoms with E-state index >= 15 is 0 Å². The number of aromatic nitrogens is 1. The molecule has 1 aromatic heterocycles. The van der Waals surface area contributed by atoms with Crippen LogP contribution in [0.5, 0.6) is 5.88 Å². The first-order valence-electron chi connectivity index (χ1n) is 8.73. The van der Waals surface area contributed by atoms with Crippen LogP contribution >= 0.6 is 0 Å². The molecule has 2 rings (SSSR count). The summed E-state index contributed by atoms with van der Waals surface area (Å²) in [5, 5.41) is 7.00. The summed E-state index contributed by atoms with van der Waals surface area (Å²) in [7, 11) is 1.00. The Bertz CT molecular complexity index is 363. The number of aryl methyl sites for hydroxylation is 1. The molecule has 2 heterocycles. The van der Waals surface area contributed by atoms with Gasteiger partial charge in [0, 0.05) is 52.1 Å². The highest BCUT2D eigenvalue weighted by molar-refractivity contribution is 5.16. The topological polar surface area (TPSA) is 48.8 Å². The van der Waals surface area contributed by atoms with Gasteiger partial charge in [-0.05, 0) is 25.5 Å². The highest BCUT2D eigenvalue weighted by atomic mass is 16.5. The fourth-order valence-corrected chi connectivity index (χ4v) is 2.33. The number of nitrogens with zero attached hydrogens (tertiary/aromatic N) is 3. The number of likely N-dealkylation sites (N-methyl/N-ethyl adjacent to an activating group) is 1. The Hall–Kier alpha value is -1.17. The quantitative estimate of drug-likeness (QED) is 0.814. The number of pyridine rings is 1. The molecule has 0 unspecified atom stereocenters. The van der Waals surface area contributed by atoms with Gasteiger partial charge in [0.2, 0.25) is 5.88 Å². The van der Waals surface area contributed by atoms with Gasteiger partial charge in [0.05, 0.1) is 6.61 Å². The molecule has 1 aliphatic heterocycles. The lowest BCUT2D eigenvalue weighted by atomic mass is 10.3. The molecule has 5 heteroatoms. The van der Waals surface area contributed by atoms with E-state index in [0.717, 1.165) is 32.6 Å². The summed E-state index contributed by atoms with van der Waals surface area (Å²) < 4.78 is 5.65. The van der Waals surface area contributed by atoms with Gasteiger partial charge >= 0.3 is 0 Å². The SMILES string of the molecule is CC.CCN1CCN(CCCOc2ccc(C)cn2)CC1.CO. The first kappa shape index (κ1) is 21.8. The van der Waals surface area contributed by atoms with E-state index in [1.165, 1.54) is 38.3 Å². The second kappa shape index (κ2) is 14.4. The Morgan fingerprint density at radius 3 is 2.22 bits per heavy atom. The largest absolute Gasteiger partial charge is 0.478 e. The summed E-state index contributed by atoms with van der Waals surface area (Å²) in [4.78, 5) is 9.27. The van der Waals surface area contributed by atoms with Crippen molar-refractivity contribution in [2.45, 2.75) is 34.1 Å². The number of hydrogen-bond acceptors (Lipinski definition) is 5. The monoisotopic (exact) mass is 325 g/mol. The fourth-order valence-electron chi connectivity index (χ4n) is 2.33. The molecule has 0 aliphatic carbocycles. The molecule has 1 aliphatic rings. The Kier molecular flexibility index (Phi) is 13.7. The van der Waals surface area contributed by atoms with Gasteiger partial charge in [0.25, 0.3) is 0 Å². The van der Waals surface area contributed by atoms with Gasteiger partial charge in [0.1, 0.15) is 0 Å². The van der Waals surface area contributed by atoms with Gasteiger partial charge in [-0.3, -0.25) is 0 Å². The third-order valence-corrected chi connectivity index (χ3v) is 3.66. The molecular formula is C18H35N3O2. The zero-order valence-corrected chi connectivity index (χ0v) is 15.6. The average molecular weight is 325 g/mol. The summed E-state index contributed by atoms with van der Waals surface area (Å²) in [6.45, 7) is 16.1. The zero-order valence-electron chi connectivity index (χ0n) is 15.6. The van der Waals surface area contributed by atoms with Crippen LogP contribution in [0.1, 0.15) is 32.8 Å². The summed E-state index contributed by atoms with van der Waals surface area (Å²) >= 11 is 0. The Morgan fingerprint density at radius 2 is 1.70 bits per heavy atom. The van der Waals surface area contributed by atoms with Crippen molar-refractivity contribution in [3.05, 3.63) is 23.9 Å². The molecule has 0 radical (unpaired) electrons. The summed E-state index contributed by atoms with van der Waals surface area (Å²) in [5.74, 6) is 0.737. The molecule has 23 heavy (non-hydrogen) atoms. The predicted octanol–water partition coefficient (Wildman–Crippen LogP) is 2.43. The van der Waals surface area contributed by atoms with E-state index in [-0.39, 0.29) is 0 Å². The van der Waals surface area contributed by atoms with Crippen LogP contribution in [0.3, 0.4) is 0 Å². The Morgan fingerprint density at radius 1 is 1.09 bits per heavy atom. The molecular weight excluding hydrogens is 290 g/mol. The Balaban J connectivity index is 0.00000112. The van der Waals surface area contributed by atoms with Crippen molar-refractivity contribution >= 4 is 0 Å². The van der Waals surface area contributed by atoms with Crippen molar-refractivity contribution in [1.29, 1.82) is 0 Å². The van der Waals surface area contributed by atoms with E-state index in [2.05, 4.69) is 21.7 Å². The number of aliphatic hydroxyl groups excluding tert-OH is 1. The minimum absolute atomic E-state index is 0.737. The van der Waals surface area contributed by atoms with Crippen molar-refractivity contribution in [2.75, 3.05) is 53.0 Å². The lowest BCUT2D eigenvalue weighted by Gasteiger charge is -2.33. The van der Waals surface area contributed by atoms with Gasteiger partial charge in [-0.1, -0.05) is 26.8 Å². The van der Waals surface area contributed by atoms with Crippen LogP contribution in [-0.2, 0) is 0 Å². The van der Waals surface area contributed by atoms with Gasteiger partial charge in [0.15, 0.2) is 0 Å². The maximum Gasteiger partial charge on any atom is 0.213 e. The standard InChI is InChI=1S/C15H25N3O.C2H6.CH4O/c1-3-17-8-10-18(11-9-17)7-4-12-19-15-6-5-14(2)13-16-15;2*1-2/h5-6,13H,3-4,7-12H2,1-2H3;1-2H3;2H,1H3. The zero-order chi connectivity index (χ0) is 17.5. The van der Waals surface area contributed by atoms with E-state index in [0.29, 0.717) is 0 Å². The van der Waals surface area contributed by atoms with E-state index < -0.39 is 0 Å². The molecule has 0 aromatic carbocycles. The molecule has 1 saturated heterocycles. The second-order valence-electron chi connectivity index (χ2n) is 5.15. The van der Waals surface area contributed by atoms with Gasteiger partial charge < -0.3 is 19.6 Å². The minimum atomic E-state index is 0.737. The molecule has 134 valence electrons. The lowest BCUT2D eigenvalue weighted by Crippen LogP contribution is -2.46. The van der Waals surface area contributed by atoms with E-state index in [4.69, 9.17) is 9.84 Å². The smallest absolute Gasteiger partial charge is 0.213 e. The third kappa shape index (κ3) is 9.54. The highest BCUT2D eigenvalue weighted by Gasteiger charge is 2.14. The van der Waals surface area contributed by atoms with Crippen LogP contribution in [0.15, 0.2) is 18.3 Å². The molecule has 1 N–H and O–H groups in total. The normalized spacial score (nSPS) is 15.0. The van der Waals surface area contributed by atoms with Crippen molar-refractivity contribution in [3.8, 4) is 5.88 Å². The minimum Gasteiger partial charge on any atom is -0.478 e. The van der Waals surface area contributed by atoms with Crippen LogP contribution in [0.25, 0.3) is 0 Å². The summed E-state index contributed by atoms with van der Waals surface area (Å²) in [6.07, 6.45) is 2.92. The summed E-state index contributed by atoms with van der Waals surface area (Å²) in [5.41, 5.74) is 1.17. The molecule has 1 fully saturated rings. The van der Waals surface area contributed by atoms with E-state index in [9.17, 15) is 0 Å². The Labute approximate surface area is 142 Å². The second-order valence-corrected chi connectivity index (χ2v) is 5.15. The first-order chi connectivity index (χ1) is 11.3. The maximum absolute atomic E-state index is 7.00. The fraction of sp³-hybridized carbons (Fsp3) is 0.722. The first-order valence-corrected chi connectivity index (χ1v) is 8.73. The van der Waals surface area contributed by atoms with Crippen LogP contribution in [-0.4, -0.2) is 72.9 Å². The lowest BCUT2D eigenvalue weighted by molar-refractivity contribution is 0.130. The maximum atomic E-state index is 7.00. The van der Waals surface area contributed by atoms with Crippen molar-refractivity contribution in [3.63, 3.8) is 0 Å². The van der Waals surface area contributed by atoms with Crippen LogP contribution in [0.2, 0.25) is 0 Å². The molecule has 0 saturated carbocycles. The number of ether oxygens (including phenoxy) is 1. The van der Waals surface area contributed by atoms with E-state index in [1.807, 2.05) is 39.1 Å². The average Bonchev–Trinajstić information content (AvgIpc) is 2.64. The van der Waals surface area contributed by atoms with Crippen molar-refractivity contribution in [1.82, 2.24) is 14.8 Å². The number of rotatable bonds is 6. The van der Waals surface area contributed by atoms with Crippen molar-refractivity contribution in [2.24, 2.45) is 0 Å². The van der Waals surface area contributed by atoms with Gasteiger partial charge in [-0.25, -0.2) is 4.98 Å². The predicted molar refractivity (Wildman–Crippen MR) is 97.1 cm³/mol. The molecule has 5 nitrogen and oxygen atoms in total. The molecule has 0 bridgehead atoms. The van der Waals surface area contributed by atoms with Gasteiger partial charge in [-0.15, -0.1) is 0 Å². The summed E-state index contributed by atoms with van der Waals surface area (Å²) in [6, 6.07) is 3.97. The van der Waals surface area contributed by atoms with Crippen LogP contribution in [0, 0.1) is 6.92 Å².